The molecule has 100 valence electrons. The summed E-state index contributed by atoms with van der Waals surface area (Å²) in [4.78, 5) is 2.44. The maximum atomic E-state index is 5.82. The number of halogens is 1. The molecule has 1 aliphatic rings. The molecule has 0 unspecified atom stereocenters. The van der Waals surface area contributed by atoms with Crippen LogP contribution in [0.1, 0.15) is 18.4 Å². The second kappa shape index (κ2) is 6.55. The van der Waals surface area contributed by atoms with Gasteiger partial charge in [0.05, 0.1) is 0 Å². The van der Waals surface area contributed by atoms with Gasteiger partial charge in [-0.2, -0.15) is 0 Å². The third kappa shape index (κ3) is 3.25. The lowest BCUT2D eigenvalue weighted by Gasteiger charge is -2.34. The Labute approximate surface area is 117 Å². The zero-order chi connectivity index (χ0) is 13.0. The number of methoxy groups -OCH3 is 1. The third-order valence-electron chi connectivity index (χ3n) is 3.62. The monoisotopic (exact) mass is 312 g/mol. The molecule has 4 heteroatoms. The lowest BCUT2D eigenvalue weighted by Crippen LogP contribution is -2.35. The van der Waals surface area contributed by atoms with Crippen LogP contribution >= 0.6 is 15.9 Å². The highest BCUT2D eigenvalue weighted by Crippen LogP contribution is 2.29. The molecule has 0 spiro atoms. The van der Waals surface area contributed by atoms with Crippen LogP contribution in [0.5, 0.6) is 0 Å². The highest BCUT2D eigenvalue weighted by molar-refractivity contribution is 9.10. The summed E-state index contributed by atoms with van der Waals surface area (Å²) in [6, 6.07) is 6.35. The van der Waals surface area contributed by atoms with Gasteiger partial charge in [-0.25, -0.2) is 0 Å². The maximum absolute atomic E-state index is 5.82. The quantitative estimate of drug-likeness (QED) is 0.929. The molecule has 1 aromatic rings. The fourth-order valence-electron chi connectivity index (χ4n) is 2.58. The van der Waals surface area contributed by atoms with E-state index in [0.717, 1.165) is 24.2 Å². The summed E-state index contributed by atoms with van der Waals surface area (Å²) in [6.45, 7) is 3.67. The van der Waals surface area contributed by atoms with Crippen molar-refractivity contribution in [1.29, 1.82) is 0 Å². The average molecular weight is 313 g/mol. The number of rotatable bonds is 4. The van der Waals surface area contributed by atoms with E-state index < -0.39 is 0 Å². The number of hydrogen-bond acceptors (Lipinski definition) is 3. The van der Waals surface area contributed by atoms with E-state index in [0.29, 0.717) is 12.5 Å². The molecule has 1 heterocycles. The second-order valence-corrected chi connectivity index (χ2v) is 5.78. The molecule has 0 saturated carbocycles. The van der Waals surface area contributed by atoms with Gasteiger partial charge in [-0.05, 0) is 36.5 Å². The van der Waals surface area contributed by atoms with Crippen molar-refractivity contribution >= 4 is 21.6 Å². The molecule has 18 heavy (non-hydrogen) atoms. The number of hydrogen-bond donors (Lipinski definition) is 1. The highest BCUT2D eigenvalue weighted by Gasteiger charge is 2.20. The number of nitrogens with zero attached hydrogens (tertiary/aromatic N) is 1. The molecule has 3 nitrogen and oxygen atoms in total. The Morgan fingerprint density at radius 2 is 2.11 bits per heavy atom. The Morgan fingerprint density at radius 1 is 1.39 bits per heavy atom. The van der Waals surface area contributed by atoms with Gasteiger partial charge in [0.25, 0.3) is 0 Å². The summed E-state index contributed by atoms with van der Waals surface area (Å²) in [6.07, 6.45) is 2.40. The van der Waals surface area contributed by atoms with Crippen LogP contribution in [0.25, 0.3) is 0 Å². The number of anilines is 1. The first-order valence-corrected chi connectivity index (χ1v) is 7.26. The van der Waals surface area contributed by atoms with Crippen LogP contribution in [-0.4, -0.2) is 26.8 Å². The van der Waals surface area contributed by atoms with Crippen LogP contribution in [0.3, 0.4) is 0 Å². The molecule has 1 aromatic carbocycles. The van der Waals surface area contributed by atoms with Crippen LogP contribution in [0.4, 0.5) is 5.69 Å². The molecule has 0 atom stereocenters. The molecular weight excluding hydrogens is 292 g/mol. The van der Waals surface area contributed by atoms with Gasteiger partial charge in [0.2, 0.25) is 0 Å². The Morgan fingerprint density at radius 3 is 2.72 bits per heavy atom. The minimum Gasteiger partial charge on any atom is -0.384 e. The standard InChI is InChI=1S/C14H21BrN2O/c1-18-10-11-4-6-17(7-5-11)14-8-13(15)3-2-12(14)9-16/h2-3,8,11H,4-7,9-10,16H2,1H3. The second-order valence-electron chi connectivity index (χ2n) is 4.86. The van der Waals surface area contributed by atoms with E-state index in [1.807, 2.05) is 0 Å². The smallest absolute Gasteiger partial charge is 0.0491 e. The first-order valence-electron chi connectivity index (χ1n) is 6.47. The lowest BCUT2D eigenvalue weighted by atomic mass is 9.97. The normalized spacial score (nSPS) is 17.2. The van der Waals surface area contributed by atoms with Gasteiger partial charge < -0.3 is 15.4 Å². The van der Waals surface area contributed by atoms with Crippen molar-refractivity contribution in [2.75, 3.05) is 31.7 Å². The summed E-state index contributed by atoms with van der Waals surface area (Å²) in [7, 11) is 1.78. The zero-order valence-corrected chi connectivity index (χ0v) is 12.4. The largest absolute Gasteiger partial charge is 0.384 e. The summed E-state index contributed by atoms with van der Waals surface area (Å²) < 4.78 is 6.36. The van der Waals surface area contributed by atoms with Crippen LogP contribution in [0.2, 0.25) is 0 Å². The predicted octanol–water partition coefficient (Wildman–Crippen LogP) is 2.77. The number of nitrogens with two attached hydrogens (primary N) is 1. The summed E-state index contributed by atoms with van der Waals surface area (Å²) in [5, 5.41) is 0. The molecule has 0 aromatic heterocycles. The van der Waals surface area contributed by atoms with Gasteiger partial charge in [-0.15, -0.1) is 0 Å². The minimum absolute atomic E-state index is 0.598. The van der Waals surface area contributed by atoms with Crippen molar-refractivity contribution < 1.29 is 4.74 Å². The Balaban J connectivity index is 2.06. The van der Waals surface area contributed by atoms with Crippen molar-refractivity contribution in [3.05, 3.63) is 28.2 Å². The van der Waals surface area contributed by atoms with E-state index in [1.165, 1.54) is 24.1 Å². The maximum Gasteiger partial charge on any atom is 0.0491 e. The minimum atomic E-state index is 0.598. The molecule has 0 bridgehead atoms. The third-order valence-corrected chi connectivity index (χ3v) is 4.12. The predicted molar refractivity (Wildman–Crippen MR) is 78.8 cm³/mol. The molecule has 0 amide bonds. The number of benzene rings is 1. The summed E-state index contributed by atoms with van der Waals surface area (Å²) in [5.41, 5.74) is 8.33. The van der Waals surface area contributed by atoms with E-state index in [4.69, 9.17) is 10.5 Å². The number of ether oxygens (including phenoxy) is 1. The van der Waals surface area contributed by atoms with Crippen molar-refractivity contribution in [1.82, 2.24) is 0 Å². The Hall–Kier alpha value is -0.580. The van der Waals surface area contributed by atoms with E-state index in [2.05, 4.69) is 39.0 Å². The van der Waals surface area contributed by atoms with Gasteiger partial charge in [-0.3, -0.25) is 0 Å². The van der Waals surface area contributed by atoms with E-state index in [-0.39, 0.29) is 0 Å². The molecule has 2 N–H and O–H groups in total. The van der Waals surface area contributed by atoms with Gasteiger partial charge >= 0.3 is 0 Å². The van der Waals surface area contributed by atoms with Gasteiger partial charge in [0.15, 0.2) is 0 Å². The van der Waals surface area contributed by atoms with E-state index in [9.17, 15) is 0 Å². The molecule has 1 fully saturated rings. The molecular formula is C14H21BrN2O. The average Bonchev–Trinajstić information content (AvgIpc) is 2.40. The van der Waals surface area contributed by atoms with Gasteiger partial charge in [-0.1, -0.05) is 22.0 Å². The first kappa shape index (κ1) is 13.8. The highest BCUT2D eigenvalue weighted by atomic mass is 79.9. The lowest BCUT2D eigenvalue weighted by molar-refractivity contribution is 0.139. The summed E-state index contributed by atoms with van der Waals surface area (Å²) >= 11 is 3.54. The molecule has 0 aliphatic carbocycles. The van der Waals surface area contributed by atoms with E-state index in [1.54, 1.807) is 7.11 Å². The van der Waals surface area contributed by atoms with E-state index >= 15 is 0 Å². The van der Waals surface area contributed by atoms with Crippen LogP contribution in [-0.2, 0) is 11.3 Å². The van der Waals surface area contributed by atoms with Crippen molar-refractivity contribution in [3.8, 4) is 0 Å². The fraction of sp³-hybridized carbons (Fsp3) is 0.571. The Kier molecular flexibility index (Phi) is 5.03. The fourth-order valence-corrected chi connectivity index (χ4v) is 2.93. The van der Waals surface area contributed by atoms with Crippen molar-refractivity contribution in [2.24, 2.45) is 11.7 Å². The van der Waals surface area contributed by atoms with Crippen molar-refractivity contribution in [3.63, 3.8) is 0 Å². The topological polar surface area (TPSA) is 38.5 Å². The number of piperidine rings is 1. The zero-order valence-electron chi connectivity index (χ0n) is 10.9. The molecule has 0 radical (unpaired) electrons. The van der Waals surface area contributed by atoms with Crippen molar-refractivity contribution in [2.45, 2.75) is 19.4 Å². The SMILES string of the molecule is COCC1CCN(c2cc(Br)ccc2CN)CC1. The molecule has 1 saturated heterocycles. The van der Waals surface area contributed by atoms with Crippen LogP contribution < -0.4 is 10.6 Å². The summed E-state index contributed by atoms with van der Waals surface area (Å²) in [5.74, 6) is 0.708. The van der Waals surface area contributed by atoms with Gasteiger partial charge in [0.1, 0.15) is 0 Å². The molecule has 1 aliphatic heterocycles. The van der Waals surface area contributed by atoms with Gasteiger partial charge in [0, 0.05) is 43.5 Å². The van der Waals surface area contributed by atoms with Crippen LogP contribution in [0.15, 0.2) is 22.7 Å². The Bertz CT molecular complexity index is 389. The first-order chi connectivity index (χ1) is 8.74. The van der Waals surface area contributed by atoms with Crippen LogP contribution in [0, 0.1) is 5.92 Å². The molecule has 2 rings (SSSR count).